The number of H-pyrrole nitrogens is 1. The largest absolute Gasteiger partial charge is 0.394 e. The molecule has 28 heavy (non-hydrogen) atoms. The first-order valence-electron chi connectivity index (χ1n) is 9.39. The lowest BCUT2D eigenvalue weighted by molar-refractivity contribution is 0.0712. The van der Waals surface area contributed by atoms with E-state index in [0.717, 1.165) is 18.5 Å². The Balaban J connectivity index is 1.48. The summed E-state index contributed by atoms with van der Waals surface area (Å²) >= 11 is 0. The van der Waals surface area contributed by atoms with Crippen molar-refractivity contribution in [1.29, 1.82) is 0 Å². The lowest BCUT2D eigenvalue weighted by atomic mass is 9.93. The Morgan fingerprint density at radius 3 is 2.79 bits per heavy atom. The van der Waals surface area contributed by atoms with E-state index in [2.05, 4.69) is 15.3 Å². The number of hydrogen-bond acceptors (Lipinski definition) is 4. The third kappa shape index (κ3) is 3.43. The van der Waals surface area contributed by atoms with Crippen molar-refractivity contribution in [2.24, 2.45) is 0 Å². The third-order valence-electron chi connectivity index (χ3n) is 5.27. The molecule has 0 atom stereocenters. The zero-order valence-corrected chi connectivity index (χ0v) is 15.4. The summed E-state index contributed by atoms with van der Waals surface area (Å²) in [4.78, 5) is 14.8. The van der Waals surface area contributed by atoms with Crippen molar-refractivity contribution in [2.45, 2.75) is 25.3 Å². The molecule has 1 aromatic carbocycles. The number of amides is 1. The van der Waals surface area contributed by atoms with Crippen LogP contribution in [0.5, 0.6) is 0 Å². The number of aliphatic hydroxyl groups is 1. The van der Waals surface area contributed by atoms with Crippen LogP contribution in [0.25, 0.3) is 11.3 Å². The van der Waals surface area contributed by atoms with E-state index in [-0.39, 0.29) is 12.5 Å². The molecule has 2 aromatic heterocycles. The summed E-state index contributed by atoms with van der Waals surface area (Å²) in [5.74, 6) is -0.237. The van der Waals surface area contributed by atoms with Gasteiger partial charge in [0.2, 0.25) is 0 Å². The number of likely N-dealkylation sites (tertiary alicyclic amines) is 1. The number of aliphatic hydroxyl groups excluding tert-OH is 1. The molecule has 0 bridgehead atoms. The van der Waals surface area contributed by atoms with Gasteiger partial charge >= 0.3 is 0 Å². The predicted molar refractivity (Wildman–Crippen MR) is 101 cm³/mol. The van der Waals surface area contributed by atoms with E-state index in [9.17, 15) is 14.3 Å². The summed E-state index contributed by atoms with van der Waals surface area (Å²) in [6, 6.07) is 8.32. The number of carbonyl (C=O) groups excluding carboxylic acids is 1. The normalized spacial score (nSPS) is 15.1. The Morgan fingerprint density at radius 1 is 1.25 bits per heavy atom. The van der Waals surface area contributed by atoms with E-state index < -0.39 is 5.82 Å². The molecule has 1 fully saturated rings. The van der Waals surface area contributed by atoms with Gasteiger partial charge in [-0.15, -0.1) is 0 Å². The molecule has 0 radical (unpaired) electrons. The smallest absolute Gasteiger partial charge is 0.257 e. The van der Waals surface area contributed by atoms with E-state index in [1.165, 1.54) is 12.3 Å². The van der Waals surface area contributed by atoms with Gasteiger partial charge in [-0.05, 0) is 31.0 Å². The van der Waals surface area contributed by atoms with E-state index in [1.807, 2.05) is 10.7 Å². The second-order valence-electron chi connectivity index (χ2n) is 6.91. The van der Waals surface area contributed by atoms with Crippen LogP contribution in [0.15, 0.2) is 42.7 Å². The zero-order chi connectivity index (χ0) is 19.5. The van der Waals surface area contributed by atoms with Crippen LogP contribution in [0, 0.1) is 5.82 Å². The van der Waals surface area contributed by atoms with Gasteiger partial charge < -0.3 is 10.0 Å². The number of carbonyl (C=O) groups is 1. The molecule has 1 aliphatic heterocycles. The highest BCUT2D eigenvalue weighted by atomic mass is 19.1. The number of halogens is 1. The molecule has 2 N–H and O–H groups in total. The molecular weight excluding hydrogens is 361 g/mol. The van der Waals surface area contributed by atoms with Gasteiger partial charge in [-0.3, -0.25) is 14.6 Å². The molecule has 0 unspecified atom stereocenters. The monoisotopic (exact) mass is 383 g/mol. The van der Waals surface area contributed by atoms with E-state index >= 15 is 0 Å². The van der Waals surface area contributed by atoms with Crippen molar-refractivity contribution in [3.8, 4) is 11.3 Å². The number of nitrogens with zero attached hydrogens (tertiary/aromatic N) is 4. The Morgan fingerprint density at radius 2 is 2.04 bits per heavy atom. The van der Waals surface area contributed by atoms with Gasteiger partial charge in [-0.25, -0.2) is 4.39 Å². The van der Waals surface area contributed by atoms with Crippen LogP contribution in [0.2, 0.25) is 0 Å². The highest BCUT2D eigenvalue weighted by molar-refractivity contribution is 5.99. The summed E-state index contributed by atoms with van der Waals surface area (Å²) in [6.07, 6.45) is 4.84. The van der Waals surface area contributed by atoms with Crippen molar-refractivity contribution in [2.75, 3.05) is 19.7 Å². The van der Waals surface area contributed by atoms with Crippen molar-refractivity contribution in [1.82, 2.24) is 24.9 Å². The average molecular weight is 383 g/mol. The number of rotatable bonds is 5. The number of piperidine rings is 1. The summed E-state index contributed by atoms with van der Waals surface area (Å²) in [5.41, 5.74) is 2.22. The Bertz CT molecular complexity index is 959. The second-order valence-corrected chi connectivity index (χ2v) is 6.91. The fraction of sp³-hybridized carbons (Fsp3) is 0.350. The molecule has 0 aliphatic carbocycles. The van der Waals surface area contributed by atoms with E-state index in [4.69, 9.17) is 0 Å². The van der Waals surface area contributed by atoms with Crippen LogP contribution in [0.1, 0.15) is 34.8 Å². The minimum Gasteiger partial charge on any atom is -0.394 e. The molecule has 146 valence electrons. The van der Waals surface area contributed by atoms with Crippen LogP contribution < -0.4 is 0 Å². The molecule has 1 aliphatic rings. The first kappa shape index (κ1) is 18.4. The van der Waals surface area contributed by atoms with Crippen molar-refractivity contribution >= 4 is 5.91 Å². The van der Waals surface area contributed by atoms with Gasteiger partial charge in [0.15, 0.2) is 0 Å². The fourth-order valence-electron chi connectivity index (χ4n) is 3.84. The molecule has 4 rings (SSSR count). The number of aromatic nitrogens is 4. The lowest BCUT2D eigenvalue weighted by Crippen LogP contribution is -2.38. The molecule has 7 nitrogen and oxygen atoms in total. The van der Waals surface area contributed by atoms with Crippen LogP contribution in [-0.2, 0) is 6.54 Å². The average Bonchev–Trinajstić information content (AvgIpc) is 3.38. The fourth-order valence-corrected chi connectivity index (χ4v) is 3.84. The first-order chi connectivity index (χ1) is 13.7. The van der Waals surface area contributed by atoms with Crippen molar-refractivity contribution in [3.05, 3.63) is 59.8 Å². The van der Waals surface area contributed by atoms with E-state index in [1.54, 1.807) is 29.3 Å². The predicted octanol–water partition coefficient (Wildman–Crippen LogP) is 2.42. The van der Waals surface area contributed by atoms with Gasteiger partial charge in [0.25, 0.3) is 5.91 Å². The highest BCUT2D eigenvalue weighted by Gasteiger charge is 2.28. The molecule has 1 saturated heterocycles. The molecule has 1 amide bonds. The maximum Gasteiger partial charge on any atom is 0.257 e. The maximum absolute atomic E-state index is 14.1. The zero-order valence-electron chi connectivity index (χ0n) is 15.4. The van der Waals surface area contributed by atoms with Gasteiger partial charge in [0.1, 0.15) is 5.82 Å². The Labute approximate surface area is 161 Å². The van der Waals surface area contributed by atoms with Gasteiger partial charge in [0, 0.05) is 36.5 Å². The first-order valence-corrected chi connectivity index (χ1v) is 9.39. The number of benzene rings is 1. The Hall–Kier alpha value is -3.00. The Kier molecular flexibility index (Phi) is 5.21. The third-order valence-corrected chi connectivity index (χ3v) is 5.27. The summed E-state index contributed by atoms with van der Waals surface area (Å²) in [7, 11) is 0. The molecule has 0 spiro atoms. The number of hydrogen-bond donors (Lipinski definition) is 2. The summed E-state index contributed by atoms with van der Waals surface area (Å²) < 4.78 is 16.0. The quantitative estimate of drug-likeness (QED) is 0.708. The van der Waals surface area contributed by atoms with Crippen LogP contribution in [0.3, 0.4) is 0 Å². The SMILES string of the molecule is O=C(c1cn[nH]c1-c1ccccc1F)N1CCC(c2ccnn2CCO)CC1. The van der Waals surface area contributed by atoms with Gasteiger partial charge in [-0.2, -0.15) is 10.2 Å². The molecular formula is C20H22FN5O2. The van der Waals surface area contributed by atoms with Crippen LogP contribution in [0.4, 0.5) is 4.39 Å². The van der Waals surface area contributed by atoms with Gasteiger partial charge in [0.05, 0.1) is 30.6 Å². The molecule has 3 aromatic rings. The minimum atomic E-state index is -0.392. The van der Waals surface area contributed by atoms with Crippen molar-refractivity contribution in [3.63, 3.8) is 0 Å². The van der Waals surface area contributed by atoms with Crippen LogP contribution in [-0.4, -0.2) is 55.6 Å². The molecule has 8 heteroatoms. The summed E-state index contributed by atoms with van der Waals surface area (Å²) in [5, 5.41) is 20.2. The number of nitrogens with one attached hydrogen (secondary N) is 1. The van der Waals surface area contributed by atoms with Crippen LogP contribution >= 0.6 is 0 Å². The summed E-state index contributed by atoms with van der Waals surface area (Å²) in [6.45, 7) is 1.74. The van der Waals surface area contributed by atoms with E-state index in [0.29, 0.717) is 42.4 Å². The second kappa shape index (κ2) is 7.93. The lowest BCUT2D eigenvalue weighted by Gasteiger charge is -2.32. The van der Waals surface area contributed by atoms with Gasteiger partial charge in [-0.1, -0.05) is 12.1 Å². The molecule has 3 heterocycles. The maximum atomic E-state index is 14.1. The standard InChI is InChI=1S/C20H22FN5O2/c21-17-4-2-1-3-15(17)19-16(13-22-24-19)20(28)25-9-6-14(7-10-25)18-5-8-23-26(18)11-12-27/h1-5,8,13-14,27H,6-7,9-12H2,(H,22,24). The minimum absolute atomic E-state index is 0.0469. The highest BCUT2D eigenvalue weighted by Crippen LogP contribution is 2.30. The molecule has 0 saturated carbocycles. The van der Waals surface area contributed by atoms with Crippen molar-refractivity contribution < 1.29 is 14.3 Å². The number of aromatic amines is 1. The topological polar surface area (TPSA) is 87.0 Å².